The van der Waals surface area contributed by atoms with Crippen LogP contribution in [-0.4, -0.2) is 11.5 Å². The summed E-state index contributed by atoms with van der Waals surface area (Å²) in [7, 11) is 0. The van der Waals surface area contributed by atoms with Crippen molar-refractivity contribution in [2.75, 3.05) is 0 Å². The molecule has 13 heavy (non-hydrogen) atoms. The third-order valence-corrected chi connectivity index (χ3v) is 2.30. The molecular formula is C11H11NO. The zero-order valence-corrected chi connectivity index (χ0v) is 7.74. The molecule has 1 aliphatic carbocycles. The Morgan fingerprint density at radius 2 is 2.15 bits per heavy atom. The van der Waals surface area contributed by atoms with Gasteiger partial charge in [-0.2, -0.15) is 0 Å². The van der Waals surface area contributed by atoms with Gasteiger partial charge in [-0.15, -0.1) is 0 Å². The van der Waals surface area contributed by atoms with Crippen molar-refractivity contribution in [2.24, 2.45) is 10.9 Å². The van der Waals surface area contributed by atoms with Crippen LogP contribution in [0.1, 0.15) is 13.8 Å². The highest BCUT2D eigenvalue weighted by Crippen LogP contribution is 2.22. The quantitative estimate of drug-likeness (QED) is 0.551. The van der Waals surface area contributed by atoms with Gasteiger partial charge < -0.3 is 0 Å². The van der Waals surface area contributed by atoms with E-state index in [9.17, 15) is 4.79 Å². The van der Waals surface area contributed by atoms with Gasteiger partial charge in [0.1, 0.15) is 0 Å². The van der Waals surface area contributed by atoms with Gasteiger partial charge in [0, 0.05) is 11.8 Å². The number of nitrogens with zero attached hydrogens (tertiary/aromatic N) is 1. The SMILES string of the molecule is CC1=CC(=O)C2C=CC=C(C)C2=N1. The van der Waals surface area contributed by atoms with Crippen molar-refractivity contribution in [3.63, 3.8) is 0 Å². The van der Waals surface area contributed by atoms with E-state index in [1.54, 1.807) is 6.08 Å². The molecule has 0 spiro atoms. The smallest absolute Gasteiger partial charge is 0.170 e. The van der Waals surface area contributed by atoms with Gasteiger partial charge in [-0.1, -0.05) is 18.2 Å². The lowest BCUT2D eigenvalue weighted by molar-refractivity contribution is -0.115. The van der Waals surface area contributed by atoms with Crippen molar-refractivity contribution in [3.05, 3.63) is 35.6 Å². The molecule has 1 unspecified atom stereocenters. The first-order valence-electron chi connectivity index (χ1n) is 4.34. The number of ketones is 1. The Balaban J connectivity index is 2.50. The average molecular weight is 173 g/mol. The Kier molecular flexibility index (Phi) is 1.76. The van der Waals surface area contributed by atoms with E-state index in [4.69, 9.17) is 0 Å². The minimum atomic E-state index is -0.131. The summed E-state index contributed by atoms with van der Waals surface area (Å²) in [5.41, 5.74) is 2.81. The Hall–Kier alpha value is -1.44. The monoisotopic (exact) mass is 173 g/mol. The highest BCUT2D eigenvalue weighted by Gasteiger charge is 2.26. The summed E-state index contributed by atoms with van der Waals surface area (Å²) in [6.45, 7) is 3.84. The van der Waals surface area contributed by atoms with Gasteiger partial charge in [-0.05, 0) is 19.4 Å². The summed E-state index contributed by atoms with van der Waals surface area (Å²) in [5, 5.41) is 0. The van der Waals surface area contributed by atoms with Crippen LogP contribution in [0.25, 0.3) is 0 Å². The van der Waals surface area contributed by atoms with E-state index in [0.717, 1.165) is 17.0 Å². The molecule has 0 aromatic heterocycles. The van der Waals surface area contributed by atoms with Crippen LogP contribution in [0.2, 0.25) is 0 Å². The molecule has 1 atom stereocenters. The second-order valence-corrected chi connectivity index (χ2v) is 3.40. The number of carbonyl (C=O) groups excluding carboxylic acids is 1. The Morgan fingerprint density at radius 3 is 2.92 bits per heavy atom. The fourth-order valence-corrected chi connectivity index (χ4v) is 1.64. The van der Waals surface area contributed by atoms with Crippen molar-refractivity contribution in [1.29, 1.82) is 0 Å². The van der Waals surface area contributed by atoms with Gasteiger partial charge in [-0.25, -0.2) is 0 Å². The Morgan fingerprint density at radius 1 is 1.38 bits per heavy atom. The zero-order chi connectivity index (χ0) is 9.42. The number of rotatable bonds is 0. The molecule has 0 amide bonds. The summed E-state index contributed by atoms with van der Waals surface area (Å²) < 4.78 is 0. The third-order valence-electron chi connectivity index (χ3n) is 2.30. The van der Waals surface area contributed by atoms with Crippen LogP contribution >= 0.6 is 0 Å². The molecule has 1 aliphatic heterocycles. The molecule has 0 radical (unpaired) electrons. The molecule has 2 nitrogen and oxygen atoms in total. The Bertz CT molecular complexity index is 383. The van der Waals surface area contributed by atoms with E-state index in [0.29, 0.717) is 0 Å². The molecule has 66 valence electrons. The summed E-state index contributed by atoms with van der Waals surface area (Å²) >= 11 is 0. The van der Waals surface area contributed by atoms with E-state index >= 15 is 0 Å². The van der Waals surface area contributed by atoms with E-state index in [1.807, 2.05) is 32.1 Å². The second kappa shape index (κ2) is 2.80. The molecule has 0 aromatic carbocycles. The van der Waals surface area contributed by atoms with Crippen molar-refractivity contribution in [1.82, 2.24) is 0 Å². The van der Waals surface area contributed by atoms with Crippen LogP contribution in [-0.2, 0) is 4.79 Å². The van der Waals surface area contributed by atoms with Crippen molar-refractivity contribution < 1.29 is 4.79 Å². The van der Waals surface area contributed by atoms with Gasteiger partial charge >= 0.3 is 0 Å². The fraction of sp³-hybridized carbons (Fsp3) is 0.273. The summed E-state index contributed by atoms with van der Waals surface area (Å²) in [5.74, 6) is 0.0138. The predicted molar refractivity (Wildman–Crippen MR) is 52.6 cm³/mol. The molecular weight excluding hydrogens is 162 g/mol. The molecule has 0 bridgehead atoms. The lowest BCUT2D eigenvalue weighted by Crippen LogP contribution is -2.26. The largest absolute Gasteiger partial charge is 0.294 e. The van der Waals surface area contributed by atoms with Crippen LogP contribution in [0.4, 0.5) is 0 Å². The summed E-state index contributed by atoms with van der Waals surface area (Å²) in [6, 6.07) is 0. The Labute approximate surface area is 77.4 Å². The normalized spacial score (nSPS) is 26.2. The number of hydrogen-bond donors (Lipinski definition) is 0. The fourth-order valence-electron chi connectivity index (χ4n) is 1.64. The molecule has 0 saturated carbocycles. The first kappa shape index (κ1) is 8.17. The molecule has 2 aliphatic rings. The number of aliphatic imine (C=N–C) groups is 1. The summed E-state index contributed by atoms with van der Waals surface area (Å²) in [6.07, 6.45) is 7.42. The molecule has 0 aromatic rings. The number of carbonyl (C=O) groups is 1. The molecule has 0 saturated heterocycles. The first-order valence-corrected chi connectivity index (χ1v) is 4.34. The first-order chi connectivity index (χ1) is 6.18. The average Bonchev–Trinajstić information content (AvgIpc) is 2.07. The van der Waals surface area contributed by atoms with Gasteiger partial charge in [-0.3, -0.25) is 9.79 Å². The number of fused-ring (bicyclic) bond motifs is 1. The lowest BCUT2D eigenvalue weighted by atomic mass is 9.87. The molecule has 2 heteroatoms. The minimum Gasteiger partial charge on any atom is -0.294 e. The maximum absolute atomic E-state index is 11.5. The van der Waals surface area contributed by atoms with E-state index in [-0.39, 0.29) is 11.7 Å². The van der Waals surface area contributed by atoms with Crippen molar-refractivity contribution in [2.45, 2.75) is 13.8 Å². The van der Waals surface area contributed by atoms with Crippen LogP contribution in [0.3, 0.4) is 0 Å². The maximum Gasteiger partial charge on any atom is 0.170 e. The third kappa shape index (κ3) is 1.28. The van der Waals surface area contributed by atoms with Crippen LogP contribution in [0.15, 0.2) is 40.6 Å². The van der Waals surface area contributed by atoms with Gasteiger partial charge in [0.15, 0.2) is 5.78 Å². The molecule has 2 rings (SSSR count). The highest BCUT2D eigenvalue weighted by molar-refractivity contribution is 6.20. The maximum atomic E-state index is 11.5. The molecule has 1 heterocycles. The van der Waals surface area contributed by atoms with Crippen LogP contribution in [0.5, 0.6) is 0 Å². The van der Waals surface area contributed by atoms with Gasteiger partial charge in [0.2, 0.25) is 0 Å². The van der Waals surface area contributed by atoms with E-state index in [1.165, 1.54) is 0 Å². The predicted octanol–water partition coefficient (Wildman–Crippen LogP) is 2.05. The van der Waals surface area contributed by atoms with Gasteiger partial charge in [0.05, 0.1) is 11.6 Å². The zero-order valence-electron chi connectivity index (χ0n) is 7.74. The van der Waals surface area contributed by atoms with Crippen LogP contribution < -0.4 is 0 Å². The van der Waals surface area contributed by atoms with Gasteiger partial charge in [0.25, 0.3) is 0 Å². The van der Waals surface area contributed by atoms with Crippen LogP contribution in [0, 0.1) is 5.92 Å². The topological polar surface area (TPSA) is 29.4 Å². The standard InChI is InChI=1S/C11H11NO/c1-7-4-3-5-9-10(13)6-8(2)12-11(7)9/h3-6,9H,1-2H3. The lowest BCUT2D eigenvalue weighted by Gasteiger charge is -2.20. The minimum absolute atomic E-state index is 0.131. The van der Waals surface area contributed by atoms with E-state index < -0.39 is 0 Å². The van der Waals surface area contributed by atoms with Crippen molar-refractivity contribution >= 4 is 11.5 Å². The second-order valence-electron chi connectivity index (χ2n) is 3.40. The van der Waals surface area contributed by atoms with Crippen molar-refractivity contribution in [3.8, 4) is 0 Å². The molecule has 0 N–H and O–H groups in total. The summed E-state index contributed by atoms with van der Waals surface area (Å²) in [4.78, 5) is 15.9. The number of hydrogen-bond acceptors (Lipinski definition) is 2. The molecule has 0 fully saturated rings. The van der Waals surface area contributed by atoms with E-state index in [2.05, 4.69) is 4.99 Å². The highest BCUT2D eigenvalue weighted by atomic mass is 16.1. The number of allylic oxidation sites excluding steroid dienone is 6.